The Balaban J connectivity index is 4.98. The van der Waals surface area contributed by atoms with E-state index in [1.807, 2.05) is 33.2 Å². The smallest absolute Gasteiger partial charge is 0.0572 e. The normalized spacial score (nSPS) is 14.2. The summed E-state index contributed by atoms with van der Waals surface area (Å²) in [7, 11) is 3.89. The highest BCUT2D eigenvalue weighted by Crippen LogP contribution is 2.11. The van der Waals surface area contributed by atoms with E-state index in [0.29, 0.717) is 0 Å². The number of likely N-dealkylation sites (N-methyl/N-ethyl adjacent to an activating group) is 2. The molecule has 2 nitrogen and oxygen atoms in total. The zero-order chi connectivity index (χ0) is 11.0. The SMILES string of the molecule is C\C=C/C=C(NC)\C(NC)=C(/C)CC. The highest BCUT2D eigenvalue weighted by molar-refractivity contribution is 5.34. The van der Waals surface area contributed by atoms with Gasteiger partial charge in [0.15, 0.2) is 0 Å². The van der Waals surface area contributed by atoms with Crippen LogP contribution in [0.25, 0.3) is 0 Å². The minimum absolute atomic E-state index is 1.06. The van der Waals surface area contributed by atoms with Crippen LogP contribution in [0.3, 0.4) is 0 Å². The van der Waals surface area contributed by atoms with E-state index < -0.39 is 0 Å². The first-order chi connectivity index (χ1) is 6.71. The van der Waals surface area contributed by atoms with Gasteiger partial charge in [-0.05, 0) is 31.9 Å². The van der Waals surface area contributed by atoms with Gasteiger partial charge in [0.1, 0.15) is 0 Å². The van der Waals surface area contributed by atoms with Crippen LogP contribution in [0.4, 0.5) is 0 Å². The van der Waals surface area contributed by atoms with Gasteiger partial charge < -0.3 is 10.6 Å². The van der Waals surface area contributed by atoms with Crippen LogP contribution in [0.1, 0.15) is 27.2 Å². The molecular weight excluding hydrogens is 172 g/mol. The van der Waals surface area contributed by atoms with Crippen LogP contribution in [0, 0.1) is 0 Å². The molecule has 0 heterocycles. The highest BCUT2D eigenvalue weighted by Gasteiger charge is 2.02. The summed E-state index contributed by atoms with van der Waals surface area (Å²) in [6, 6.07) is 0. The van der Waals surface area contributed by atoms with Crippen molar-refractivity contribution in [1.29, 1.82) is 0 Å². The van der Waals surface area contributed by atoms with E-state index in [1.54, 1.807) is 0 Å². The minimum atomic E-state index is 1.06. The Bertz CT molecular complexity index is 247. The zero-order valence-corrected chi connectivity index (χ0v) is 9.94. The molecule has 0 amide bonds. The molecule has 0 bridgehead atoms. The highest BCUT2D eigenvalue weighted by atomic mass is 14.9. The predicted molar refractivity (Wildman–Crippen MR) is 64.0 cm³/mol. The molecule has 80 valence electrons. The second kappa shape index (κ2) is 7.25. The second-order valence-electron chi connectivity index (χ2n) is 3.12. The third-order valence-electron chi connectivity index (χ3n) is 2.20. The minimum Gasteiger partial charge on any atom is -0.386 e. The van der Waals surface area contributed by atoms with Crippen molar-refractivity contribution in [3.05, 3.63) is 35.2 Å². The summed E-state index contributed by atoms with van der Waals surface area (Å²) in [4.78, 5) is 0. The maximum atomic E-state index is 3.23. The molecule has 0 aliphatic heterocycles. The molecule has 0 aliphatic carbocycles. The lowest BCUT2D eigenvalue weighted by Crippen LogP contribution is -2.19. The van der Waals surface area contributed by atoms with Crippen molar-refractivity contribution in [3.8, 4) is 0 Å². The van der Waals surface area contributed by atoms with E-state index >= 15 is 0 Å². The molecule has 2 N–H and O–H groups in total. The average molecular weight is 194 g/mol. The number of hydrogen-bond donors (Lipinski definition) is 2. The largest absolute Gasteiger partial charge is 0.386 e. The van der Waals surface area contributed by atoms with Crippen LogP contribution in [-0.2, 0) is 0 Å². The van der Waals surface area contributed by atoms with E-state index in [9.17, 15) is 0 Å². The molecule has 0 atom stereocenters. The Kier molecular flexibility index (Phi) is 6.63. The molecule has 0 saturated carbocycles. The van der Waals surface area contributed by atoms with Gasteiger partial charge in [0.05, 0.1) is 11.4 Å². The maximum absolute atomic E-state index is 3.23. The first kappa shape index (κ1) is 12.8. The third-order valence-corrected chi connectivity index (χ3v) is 2.20. The summed E-state index contributed by atoms with van der Waals surface area (Å²) in [5.74, 6) is 0. The number of nitrogens with one attached hydrogen (secondary N) is 2. The van der Waals surface area contributed by atoms with Crippen molar-refractivity contribution in [2.75, 3.05) is 14.1 Å². The Hall–Kier alpha value is -1.18. The molecular formula is C12H22N2. The fourth-order valence-corrected chi connectivity index (χ4v) is 1.24. The molecule has 0 radical (unpaired) electrons. The van der Waals surface area contributed by atoms with E-state index in [1.165, 1.54) is 11.3 Å². The van der Waals surface area contributed by atoms with Crippen LogP contribution in [0.15, 0.2) is 35.2 Å². The van der Waals surface area contributed by atoms with Crippen LogP contribution in [-0.4, -0.2) is 14.1 Å². The Morgan fingerprint density at radius 3 is 2.21 bits per heavy atom. The summed E-state index contributed by atoms with van der Waals surface area (Å²) < 4.78 is 0. The molecule has 0 unspecified atom stereocenters. The van der Waals surface area contributed by atoms with Crippen molar-refractivity contribution in [2.45, 2.75) is 27.2 Å². The topological polar surface area (TPSA) is 24.1 Å². The summed E-state index contributed by atoms with van der Waals surface area (Å²) >= 11 is 0. The fraction of sp³-hybridized carbons (Fsp3) is 0.500. The van der Waals surface area contributed by atoms with Crippen LogP contribution < -0.4 is 10.6 Å². The molecule has 0 saturated heterocycles. The molecule has 0 fully saturated rings. The first-order valence-corrected chi connectivity index (χ1v) is 5.09. The van der Waals surface area contributed by atoms with Gasteiger partial charge in [-0.15, -0.1) is 0 Å². The summed E-state index contributed by atoms with van der Waals surface area (Å²) in [6.07, 6.45) is 7.19. The lowest BCUT2D eigenvalue weighted by molar-refractivity contribution is 0.868. The van der Waals surface area contributed by atoms with Crippen molar-refractivity contribution < 1.29 is 0 Å². The van der Waals surface area contributed by atoms with Crippen molar-refractivity contribution >= 4 is 0 Å². The van der Waals surface area contributed by atoms with Crippen molar-refractivity contribution in [2.24, 2.45) is 0 Å². The fourth-order valence-electron chi connectivity index (χ4n) is 1.24. The number of rotatable bonds is 5. The van der Waals surface area contributed by atoms with Gasteiger partial charge >= 0.3 is 0 Å². The lowest BCUT2D eigenvalue weighted by atomic mass is 10.1. The van der Waals surface area contributed by atoms with Gasteiger partial charge in [0.25, 0.3) is 0 Å². The predicted octanol–water partition coefficient (Wildman–Crippen LogP) is 2.57. The Morgan fingerprint density at radius 1 is 1.21 bits per heavy atom. The quantitative estimate of drug-likeness (QED) is 0.657. The number of hydrogen-bond acceptors (Lipinski definition) is 2. The summed E-state index contributed by atoms with van der Waals surface area (Å²) in [6.45, 7) is 6.32. The average Bonchev–Trinajstić information content (AvgIpc) is 2.23. The van der Waals surface area contributed by atoms with Gasteiger partial charge in [-0.2, -0.15) is 0 Å². The van der Waals surface area contributed by atoms with Gasteiger partial charge in [0, 0.05) is 14.1 Å². The summed E-state index contributed by atoms with van der Waals surface area (Å²) in [5.41, 5.74) is 3.68. The van der Waals surface area contributed by atoms with Crippen LogP contribution >= 0.6 is 0 Å². The van der Waals surface area contributed by atoms with E-state index in [-0.39, 0.29) is 0 Å². The molecule has 0 aliphatic rings. The van der Waals surface area contributed by atoms with E-state index in [2.05, 4.69) is 30.6 Å². The molecule has 0 rings (SSSR count). The second-order valence-corrected chi connectivity index (χ2v) is 3.12. The lowest BCUT2D eigenvalue weighted by Gasteiger charge is -2.14. The molecule has 0 aromatic carbocycles. The summed E-state index contributed by atoms with van der Waals surface area (Å²) in [5, 5.41) is 6.42. The van der Waals surface area contributed by atoms with E-state index in [4.69, 9.17) is 0 Å². The van der Waals surface area contributed by atoms with Crippen LogP contribution in [0.2, 0.25) is 0 Å². The van der Waals surface area contributed by atoms with Gasteiger partial charge in [-0.3, -0.25) is 0 Å². The molecule has 14 heavy (non-hydrogen) atoms. The van der Waals surface area contributed by atoms with Crippen molar-refractivity contribution in [3.63, 3.8) is 0 Å². The first-order valence-electron chi connectivity index (χ1n) is 5.09. The van der Waals surface area contributed by atoms with Crippen molar-refractivity contribution in [1.82, 2.24) is 10.6 Å². The molecule has 0 spiro atoms. The van der Waals surface area contributed by atoms with Crippen LogP contribution in [0.5, 0.6) is 0 Å². The molecule has 0 aromatic heterocycles. The molecule has 0 aromatic rings. The number of allylic oxidation sites excluding steroid dienone is 4. The Labute approximate surface area is 87.8 Å². The monoisotopic (exact) mass is 194 g/mol. The van der Waals surface area contributed by atoms with Gasteiger partial charge in [0.2, 0.25) is 0 Å². The standard InChI is InChI=1S/C12H22N2/c1-6-8-9-11(13-4)12(14-5)10(3)7-2/h6,8-9,13-14H,7H2,1-5H3/b8-6-,11-9+,12-10-. The molecule has 2 heteroatoms. The zero-order valence-electron chi connectivity index (χ0n) is 9.94. The van der Waals surface area contributed by atoms with Gasteiger partial charge in [-0.1, -0.05) is 19.1 Å². The van der Waals surface area contributed by atoms with E-state index in [0.717, 1.165) is 12.1 Å². The Morgan fingerprint density at radius 2 is 1.86 bits per heavy atom. The van der Waals surface area contributed by atoms with Gasteiger partial charge in [-0.25, -0.2) is 0 Å². The maximum Gasteiger partial charge on any atom is 0.0572 e. The third kappa shape index (κ3) is 3.69.